The Balaban J connectivity index is 4.41. The Morgan fingerprint density at radius 2 is 2.00 bits per heavy atom. The van der Waals surface area contributed by atoms with Gasteiger partial charge in [-0.05, 0) is 20.3 Å². The van der Waals surface area contributed by atoms with E-state index in [1.54, 1.807) is 6.92 Å². The van der Waals surface area contributed by atoms with Crippen molar-refractivity contribution in [2.24, 2.45) is 0 Å². The van der Waals surface area contributed by atoms with Crippen LogP contribution in [0.25, 0.3) is 0 Å². The molecule has 0 saturated carbocycles. The minimum atomic E-state index is -1.02. The summed E-state index contributed by atoms with van der Waals surface area (Å²) in [5.74, 6) is -1.02. The zero-order valence-corrected chi connectivity index (χ0v) is 8.82. The highest BCUT2D eigenvalue weighted by atomic mass is 16.6. The molecule has 5 heteroatoms. The van der Waals surface area contributed by atoms with Crippen LogP contribution in [0.3, 0.4) is 0 Å². The second-order valence-corrected chi connectivity index (χ2v) is 2.91. The molecule has 82 valence electrons. The van der Waals surface area contributed by atoms with Gasteiger partial charge in [0.15, 0.2) is 0 Å². The number of carboxylic acid groups (broad SMARTS) is 1. The fraction of sp³-hybridized carbons (Fsp3) is 0.778. The fourth-order valence-electron chi connectivity index (χ4n) is 1.02. The Bertz CT molecular complexity index is 205. The maximum absolute atomic E-state index is 11.3. The Kier molecular flexibility index (Phi) is 5.67. The van der Waals surface area contributed by atoms with Gasteiger partial charge in [-0.15, -0.1) is 0 Å². The average Bonchev–Trinajstić information content (AvgIpc) is 2.13. The van der Waals surface area contributed by atoms with Gasteiger partial charge in [0.05, 0.1) is 6.61 Å². The minimum absolute atomic E-state index is 0.255. The number of carbonyl (C=O) groups excluding carboxylic acids is 1. The third-order valence-electron chi connectivity index (χ3n) is 1.79. The molecule has 1 N–H and O–H groups in total. The Hall–Kier alpha value is -1.26. The van der Waals surface area contributed by atoms with E-state index in [0.717, 1.165) is 0 Å². The van der Waals surface area contributed by atoms with E-state index >= 15 is 0 Å². The van der Waals surface area contributed by atoms with Crippen LogP contribution in [-0.4, -0.2) is 41.3 Å². The van der Waals surface area contributed by atoms with Crippen LogP contribution in [-0.2, 0) is 9.53 Å². The summed E-state index contributed by atoms with van der Waals surface area (Å²) in [6.45, 7) is 5.68. The first kappa shape index (κ1) is 12.7. The molecular formula is C9H17NO4. The topological polar surface area (TPSA) is 66.8 Å². The van der Waals surface area contributed by atoms with Gasteiger partial charge in [-0.25, -0.2) is 9.59 Å². The number of rotatable bonds is 5. The summed E-state index contributed by atoms with van der Waals surface area (Å²) < 4.78 is 4.75. The molecule has 0 heterocycles. The molecule has 0 saturated heterocycles. The van der Waals surface area contributed by atoms with Gasteiger partial charge in [-0.2, -0.15) is 0 Å². The smallest absolute Gasteiger partial charge is 0.410 e. The molecule has 1 unspecified atom stereocenters. The number of amides is 1. The zero-order chi connectivity index (χ0) is 11.1. The first-order valence-corrected chi connectivity index (χ1v) is 4.70. The van der Waals surface area contributed by atoms with Crippen molar-refractivity contribution in [2.45, 2.75) is 33.2 Å². The van der Waals surface area contributed by atoms with Crippen molar-refractivity contribution in [1.82, 2.24) is 4.90 Å². The van der Waals surface area contributed by atoms with Gasteiger partial charge < -0.3 is 9.84 Å². The average molecular weight is 203 g/mol. The lowest BCUT2D eigenvalue weighted by molar-refractivity contribution is -0.142. The molecule has 0 spiro atoms. The molecule has 0 aromatic heterocycles. The molecule has 0 radical (unpaired) electrons. The van der Waals surface area contributed by atoms with Crippen LogP contribution in [0.15, 0.2) is 0 Å². The summed E-state index contributed by atoms with van der Waals surface area (Å²) in [6, 6.07) is -0.839. The van der Waals surface area contributed by atoms with Crippen LogP contribution in [0.1, 0.15) is 27.2 Å². The molecule has 0 aliphatic heterocycles. The highest BCUT2D eigenvalue weighted by Crippen LogP contribution is 2.03. The van der Waals surface area contributed by atoms with Gasteiger partial charge >= 0.3 is 12.1 Å². The Labute approximate surface area is 83.6 Å². The predicted molar refractivity (Wildman–Crippen MR) is 51.1 cm³/mol. The Morgan fingerprint density at radius 3 is 2.36 bits per heavy atom. The second-order valence-electron chi connectivity index (χ2n) is 2.91. The van der Waals surface area contributed by atoms with Gasteiger partial charge in [-0.3, -0.25) is 4.90 Å². The molecule has 0 aliphatic rings. The van der Waals surface area contributed by atoms with Crippen LogP contribution in [0.5, 0.6) is 0 Å². The van der Waals surface area contributed by atoms with Gasteiger partial charge in [-0.1, -0.05) is 6.92 Å². The van der Waals surface area contributed by atoms with Crippen LogP contribution in [0.2, 0.25) is 0 Å². The Morgan fingerprint density at radius 1 is 1.43 bits per heavy atom. The fourth-order valence-corrected chi connectivity index (χ4v) is 1.02. The maximum atomic E-state index is 11.3. The molecule has 0 aliphatic carbocycles. The quantitative estimate of drug-likeness (QED) is 0.732. The molecule has 14 heavy (non-hydrogen) atoms. The van der Waals surface area contributed by atoms with E-state index in [9.17, 15) is 9.59 Å². The van der Waals surface area contributed by atoms with Gasteiger partial charge in [0, 0.05) is 6.54 Å². The summed E-state index contributed by atoms with van der Waals surface area (Å²) in [5, 5.41) is 8.75. The van der Waals surface area contributed by atoms with Crippen molar-refractivity contribution in [3.8, 4) is 0 Å². The normalized spacial score (nSPS) is 11.9. The number of hydrogen-bond donors (Lipinski definition) is 1. The van der Waals surface area contributed by atoms with E-state index < -0.39 is 18.1 Å². The van der Waals surface area contributed by atoms with E-state index in [0.29, 0.717) is 13.0 Å². The van der Waals surface area contributed by atoms with Gasteiger partial charge in [0.25, 0.3) is 0 Å². The highest BCUT2D eigenvalue weighted by Gasteiger charge is 2.25. The van der Waals surface area contributed by atoms with Gasteiger partial charge in [0.2, 0.25) is 0 Å². The number of nitrogens with zero attached hydrogens (tertiary/aromatic N) is 1. The summed E-state index contributed by atoms with van der Waals surface area (Å²) in [5.41, 5.74) is 0. The van der Waals surface area contributed by atoms with E-state index in [2.05, 4.69) is 0 Å². The van der Waals surface area contributed by atoms with E-state index in [1.165, 1.54) is 11.8 Å². The molecule has 1 amide bonds. The molecule has 5 nitrogen and oxygen atoms in total. The summed E-state index contributed by atoms with van der Waals surface area (Å²) in [6.07, 6.45) is 0.139. The third-order valence-corrected chi connectivity index (χ3v) is 1.79. The van der Waals surface area contributed by atoms with E-state index in [4.69, 9.17) is 9.84 Å². The first-order valence-electron chi connectivity index (χ1n) is 4.70. The van der Waals surface area contributed by atoms with Crippen molar-refractivity contribution in [1.29, 1.82) is 0 Å². The molecule has 0 aromatic rings. The SMILES string of the molecule is CCCN(C(=O)OCC)C(C)C(=O)O. The van der Waals surface area contributed by atoms with E-state index in [-0.39, 0.29) is 6.61 Å². The third kappa shape index (κ3) is 3.64. The standard InChI is InChI=1S/C9H17NO4/c1-4-6-10(7(3)8(11)12)9(13)14-5-2/h7H,4-6H2,1-3H3,(H,11,12). The van der Waals surface area contributed by atoms with Crippen molar-refractivity contribution in [3.63, 3.8) is 0 Å². The summed E-state index contributed by atoms with van der Waals surface area (Å²) in [4.78, 5) is 23.2. The number of carbonyl (C=O) groups is 2. The highest BCUT2D eigenvalue weighted by molar-refractivity contribution is 5.79. The van der Waals surface area contributed by atoms with Crippen molar-refractivity contribution < 1.29 is 19.4 Å². The predicted octanol–water partition coefficient (Wildman–Crippen LogP) is 1.33. The number of hydrogen-bond acceptors (Lipinski definition) is 3. The lowest BCUT2D eigenvalue weighted by Gasteiger charge is -2.24. The van der Waals surface area contributed by atoms with Crippen LogP contribution < -0.4 is 0 Å². The lowest BCUT2D eigenvalue weighted by Crippen LogP contribution is -2.43. The number of aliphatic carboxylic acids is 1. The van der Waals surface area contributed by atoms with Crippen molar-refractivity contribution in [2.75, 3.05) is 13.2 Å². The summed E-state index contributed by atoms with van der Waals surface area (Å²) >= 11 is 0. The van der Waals surface area contributed by atoms with Crippen molar-refractivity contribution >= 4 is 12.1 Å². The molecule has 0 bridgehead atoms. The molecular weight excluding hydrogens is 186 g/mol. The van der Waals surface area contributed by atoms with E-state index in [1.807, 2.05) is 6.92 Å². The molecule has 0 aromatic carbocycles. The largest absolute Gasteiger partial charge is 0.480 e. The maximum Gasteiger partial charge on any atom is 0.410 e. The second kappa shape index (κ2) is 6.23. The van der Waals surface area contributed by atoms with Gasteiger partial charge in [0.1, 0.15) is 6.04 Å². The number of ether oxygens (including phenoxy) is 1. The van der Waals surface area contributed by atoms with Crippen LogP contribution in [0.4, 0.5) is 4.79 Å². The summed E-state index contributed by atoms with van der Waals surface area (Å²) in [7, 11) is 0. The minimum Gasteiger partial charge on any atom is -0.480 e. The van der Waals surface area contributed by atoms with Crippen molar-refractivity contribution in [3.05, 3.63) is 0 Å². The number of carboxylic acids is 1. The van der Waals surface area contributed by atoms with Crippen LogP contribution in [0, 0.1) is 0 Å². The first-order chi connectivity index (χ1) is 6.54. The molecule has 0 rings (SSSR count). The van der Waals surface area contributed by atoms with Crippen LogP contribution >= 0.6 is 0 Å². The molecule has 0 fully saturated rings. The molecule has 1 atom stereocenters. The zero-order valence-electron chi connectivity index (χ0n) is 8.82. The monoisotopic (exact) mass is 203 g/mol. The lowest BCUT2D eigenvalue weighted by atomic mass is 10.3.